The zero-order valence-electron chi connectivity index (χ0n) is 12.5. The zero-order valence-corrected chi connectivity index (χ0v) is 12.5. The van der Waals surface area contributed by atoms with Crippen LogP contribution < -0.4 is 4.74 Å². The van der Waals surface area contributed by atoms with Crippen molar-refractivity contribution in [3.05, 3.63) is 29.6 Å². The van der Waals surface area contributed by atoms with Gasteiger partial charge in [0.15, 0.2) is 23.8 Å². The number of alkyl halides is 3. The van der Waals surface area contributed by atoms with Crippen LogP contribution in [-0.2, 0) is 4.79 Å². The molecule has 1 aliphatic rings. The first kappa shape index (κ1) is 17.5. The lowest BCUT2D eigenvalue weighted by Gasteiger charge is -2.39. The molecule has 8 heteroatoms. The first-order valence-electron chi connectivity index (χ1n) is 7.08. The van der Waals surface area contributed by atoms with E-state index in [-0.39, 0.29) is 18.8 Å². The van der Waals surface area contributed by atoms with E-state index >= 15 is 0 Å². The van der Waals surface area contributed by atoms with Crippen LogP contribution in [0.5, 0.6) is 5.75 Å². The Morgan fingerprint density at radius 3 is 2.52 bits per heavy atom. The van der Waals surface area contributed by atoms with E-state index in [0.29, 0.717) is 0 Å². The number of hydrogen-bond donors (Lipinski definition) is 1. The third-order valence-electron chi connectivity index (χ3n) is 3.91. The van der Waals surface area contributed by atoms with Gasteiger partial charge in [0.25, 0.3) is 5.91 Å². The van der Waals surface area contributed by atoms with E-state index in [1.54, 1.807) is 13.0 Å². The number of carbonyl (C=O) groups excluding carboxylic acids is 1. The van der Waals surface area contributed by atoms with Crippen molar-refractivity contribution in [1.82, 2.24) is 4.90 Å². The Kier molecular flexibility index (Phi) is 4.84. The molecule has 1 fully saturated rings. The summed E-state index contributed by atoms with van der Waals surface area (Å²) < 4.78 is 56.6. The number of aliphatic hydroxyl groups is 1. The van der Waals surface area contributed by atoms with E-state index in [1.165, 1.54) is 17.0 Å². The zero-order chi connectivity index (χ0) is 17.3. The highest BCUT2D eigenvalue weighted by Gasteiger charge is 2.54. The van der Waals surface area contributed by atoms with E-state index in [0.717, 1.165) is 5.56 Å². The number of hydrogen-bond acceptors (Lipinski definition) is 3. The highest BCUT2D eigenvalue weighted by Crippen LogP contribution is 2.38. The van der Waals surface area contributed by atoms with Crippen molar-refractivity contribution >= 4 is 5.91 Å². The van der Waals surface area contributed by atoms with E-state index < -0.39 is 43.0 Å². The average molecular weight is 335 g/mol. The largest absolute Gasteiger partial charge is 0.481 e. The van der Waals surface area contributed by atoms with Gasteiger partial charge < -0.3 is 14.7 Å². The van der Waals surface area contributed by atoms with Crippen LogP contribution in [0.25, 0.3) is 0 Å². The fourth-order valence-corrected chi connectivity index (χ4v) is 2.36. The Morgan fingerprint density at radius 2 is 1.96 bits per heavy atom. The minimum absolute atomic E-state index is 0.0813. The van der Waals surface area contributed by atoms with Crippen LogP contribution in [0.4, 0.5) is 17.6 Å². The standard InChI is InChI=1S/C15H17F4NO3/c1-10-2-3-11(16)12(8-10)23-9-13(21)20-6-4-14(22,5-7-20)15(17,18)19/h2-3,8,22H,4-7,9H2,1H3. The van der Waals surface area contributed by atoms with Crippen molar-refractivity contribution < 1.29 is 32.2 Å². The number of amides is 1. The molecule has 1 N–H and O–H groups in total. The molecule has 2 rings (SSSR count). The van der Waals surface area contributed by atoms with Crippen molar-refractivity contribution in [3.63, 3.8) is 0 Å². The highest BCUT2D eigenvalue weighted by molar-refractivity contribution is 5.77. The number of halogens is 4. The molecule has 1 aliphatic heterocycles. The second-order valence-corrected chi connectivity index (χ2v) is 5.63. The van der Waals surface area contributed by atoms with Crippen molar-refractivity contribution in [3.8, 4) is 5.75 Å². The van der Waals surface area contributed by atoms with Gasteiger partial charge in [0.1, 0.15) is 0 Å². The summed E-state index contributed by atoms with van der Waals surface area (Å²) >= 11 is 0. The normalized spacial score (nSPS) is 17.9. The van der Waals surface area contributed by atoms with Crippen molar-refractivity contribution in [2.24, 2.45) is 0 Å². The number of aryl methyl sites for hydroxylation is 1. The van der Waals surface area contributed by atoms with Gasteiger partial charge in [-0.25, -0.2) is 4.39 Å². The lowest BCUT2D eigenvalue weighted by atomic mass is 9.91. The first-order chi connectivity index (χ1) is 10.6. The number of nitrogens with zero attached hydrogens (tertiary/aromatic N) is 1. The molecule has 1 amide bonds. The molecule has 128 valence electrons. The van der Waals surface area contributed by atoms with Gasteiger partial charge in [-0.1, -0.05) is 6.07 Å². The molecular weight excluding hydrogens is 318 g/mol. The minimum Gasteiger partial charge on any atom is -0.481 e. The number of benzene rings is 1. The van der Waals surface area contributed by atoms with Crippen molar-refractivity contribution in [2.75, 3.05) is 19.7 Å². The molecule has 0 aromatic heterocycles. The summed E-state index contributed by atoms with van der Waals surface area (Å²) in [5.74, 6) is -1.24. The molecule has 0 bridgehead atoms. The third kappa shape index (κ3) is 3.93. The Balaban J connectivity index is 1.90. The maximum atomic E-state index is 13.5. The quantitative estimate of drug-likeness (QED) is 0.863. The Morgan fingerprint density at radius 1 is 1.35 bits per heavy atom. The molecule has 23 heavy (non-hydrogen) atoms. The Hall–Kier alpha value is -1.83. The number of piperidine rings is 1. The van der Waals surface area contributed by atoms with Gasteiger partial charge in [-0.3, -0.25) is 4.79 Å². The highest BCUT2D eigenvalue weighted by atomic mass is 19.4. The molecule has 0 spiro atoms. The molecule has 1 aromatic rings. The summed E-state index contributed by atoms with van der Waals surface area (Å²) in [6.07, 6.45) is -5.88. The van der Waals surface area contributed by atoms with E-state index in [2.05, 4.69) is 0 Å². The first-order valence-corrected chi connectivity index (χ1v) is 7.08. The van der Waals surface area contributed by atoms with Gasteiger partial charge in [-0.05, 0) is 24.6 Å². The fourth-order valence-electron chi connectivity index (χ4n) is 2.36. The smallest absolute Gasteiger partial charge is 0.417 e. The van der Waals surface area contributed by atoms with Gasteiger partial charge in [0.2, 0.25) is 0 Å². The molecule has 1 saturated heterocycles. The average Bonchev–Trinajstić information content (AvgIpc) is 2.47. The van der Waals surface area contributed by atoms with Crippen LogP contribution >= 0.6 is 0 Å². The SMILES string of the molecule is Cc1ccc(F)c(OCC(=O)N2CCC(O)(C(F)(F)F)CC2)c1. The summed E-state index contributed by atoms with van der Waals surface area (Å²) in [6.45, 7) is 0.810. The van der Waals surface area contributed by atoms with Crippen LogP contribution in [0, 0.1) is 12.7 Å². The summed E-state index contributed by atoms with van der Waals surface area (Å²) in [4.78, 5) is 13.1. The number of ether oxygens (including phenoxy) is 1. The van der Waals surface area contributed by atoms with Gasteiger partial charge in [0, 0.05) is 25.9 Å². The molecule has 4 nitrogen and oxygen atoms in total. The van der Waals surface area contributed by atoms with Crippen LogP contribution in [0.2, 0.25) is 0 Å². The van der Waals surface area contributed by atoms with Crippen molar-refractivity contribution in [1.29, 1.82) is 0 Å². The number of carbonyl (C=O) groups is 1. The van der Waals surface area contributed by atoms with Crippen LogP contribution in [0.1, 0.15) is 18.4 Å². The van der Waals surface area contributed by atoms with Crippen LogP contribution in [0.15, 0.2) is 18.2 Å². The Labute approximate surface area is 130 Å². The summed E-state index contributed by atoms with van der Waals surface area (Å²) in [5, 5.41) is 9.54. The monoisotopic (exact) mass is 335 g/mol. The lowest BCUT2D eigenvalue weighted by Crippen LogP contribution is -2.54. The van der Waals surface area contributed by atoms with Gasteiger partial charge in [-0.15, -0.1) is 0 Å². The van der Waals surface area contributed by atoms with E-state index in [9.17, 15) is 27.5 Å². The number of likely N-dealkylation sites (tertiary alicyclic amines) is 1. The molecule has 0 radical (unpaired) electrons. The second-order valence-electron chi connectivity index (χ2n) is 5.63. The van der Waals surface area contributed by atoms with Crippen molar-refractivity contribution in [2.45, 2.75) is 31.5 Å². The summed E-state index contributed by atoms with van der Waals surface area (Å²) in [7, 11) is 0. The molecule has 1 heterocycles. The van der Waals surface area contributed by atoms with E-state index in [4.69, 9.17) is 4.74 Å². The van der Waals surface area contributed by atoms with Crippen LogP contribution in [-0.4, -0.2) is 47.4 Å². The topological polar surface area (TPSA) is 49.8 Å². The molecule has 1 aromatic carbocycles. The molecule has 0 saturated carbocycles. The second kappa shape index (κ2) is 6.35. The summed E-state index contributed by atoms with van der Waals surface area (Å²) in [6, 6.07) is 4.19. The van der Waals surface area contributed by atoms with Gasteiger partial charge in [0.05, 0.1) is 0 Å². The maximum Gasteiger partial charge on any atom is 0.417 e. The molecular formula is C15H17F4NO3. The molecule has 0 unspecified atom stereocenters. The minimum atomic E-state index is -4.72. The Bertz CT molecular complexity index is 581. The molecule has 0 atom stereocenters. The third-order valence-corrected chi connectivity index (χ3v) is 3.91. The lowest BCUT2D eigenvalue weighted by molar-refractivity contribution is -0.272. The maximum absolute atomic E-state index is 13.5. The predicted molar refractivity (Wildman–Crippen MR) is 73.5 cm³/mol. The van der Waals surface area contributed by atoms with E-state index in [1.807, 2.05) is 0 Å². The summed E-state index contributed by atoms with van der Waals surface area (Å²) in [5.41, 5.74) is -2.00. The molecule has 0 aliphatic carbocycles. The predicted octanol–water partition coefficient (Wildman–Crippen LogP) is 2.43. The van der Waals surface area contributed by atoms with Gasteiger partial charge in [-0.2, -0.15) is 13.2 Å². The fraction of sp³-hybridized carbons (Fsp3) is 0.533. The van der Waals surface area contributed by atoms with Gasteiger partial charge >= 0.3 is 6.18 Å². The van der Waals surface area contributed by atoms with Crippen LogP contribution in [0.3, 0.4) is 0 Å². The number of rotatable bonds is 3.